The minimum atomic E-state index is -0.286. The van der Waals surface area contributed by atoms with Gasteiger partial charge in [0.15, 0.2) is 0 Å². The lowest BCUT2D eigenvalue weighted by molar-refractivity contribution is -0.140. The van der Waals surface area contributed by atoms with Crippen molar-refractivity contribution in [2.75, 3.05) is 12.3 Å². The highest BCUT2D eigenvalue weighted by atomic mass is 32.2. The predicted molar refractivity (Wildman–Crippen MR) is 88.4 cm³/mol. The van der Waals surface area contributed by atoms with E-state index in [4.69, 9.17) is 0 Å². The zero-order chi connectivity index (χ0) is 16.9. The average Bonchev–Trinajstić information content (AvgIpc) is 3.21. The monoisotopic (exact) mass is 346 g/mol. The molecule has 1 aromatic carbocycles. The summed E-state index contributed by atoms with van der Waals surface area (Å²) in [6.45, 7) is 0.498. The Balaban J connectivity index is 1.54. The fraction of sp³-hybridized carbons (Fsp3) is 0.250. The maximum absolute atomic E-state index is 12.8. The third-order valence-electron chi connectivity index (χ3n) is 3.49. The average molecular weight is 346 g/mol. The van der Waals surface area contributed by atoms with Crippen molar-refractivity contribution in [2.24, 2.45) is 0 Å². The molecule has 0 unspecified atom stereocenters. The fourth-order valence-electron chi connectivity index (χ4n) is 2.26. The number of H-pyrrole nitrogens is 1. The van der Waals surface area contributed by atoms with Crippen molar-refractivity contribution in [3.63, 3.8) is 0 Å². The van der Waals surface area contributed by atoms with Crippen LogP contribution in [0.2, 0.25) is 0 Å². The second-order valence-corrected chi connectivity index (χ2v) is 6.16. The van der Waals surface area contributed by atoms with Gasteiger partial charge in [0.25, 0.3) is 0 Å². The Morgan fingerprint density at radius 3 is 2.83 bits per heavy atom. The van der Waals surface area contributed by atoms with Gasteiger partial charge in [-0.25, -0.2) is 9.37 Å². The summed E-state index contributed by atoms with van der Waals surface area (Å²) in [7, 11) is 0. The topological polar surface area (TPSA) is 79.0 Å². The molecule has 1 fully saturated rings. The largest absolute Gasteiger partial charge is 0.282 e. The first-order chi connectivity index (χ1) is 11.6. The minimum absolute atomic E-state index is 0.112. The molecule has 2 heterocycles. The summed E-state index contributed by atoms with van der Waals surface area (Å²) in [4.78, 5) is 29.0. The molecule has 1 aromatic heterocycles. The van der Waals surface area contributed by atoms with E-state index >= 15 is 0 Å². The van der Waals surface area contributed by atoms with Crippen LogP contribution in [0.1, 0.15) is 24.2 Å². The van der Waals surface area contributed by atoms with Crippen LogP contribution in [0.15, 0.2) is 29.4 Å². The smallest absolute Gasteiger partial charge is 0.239 e. The lowest BCUT2D eigenvalue weighted by Gasteiger charge is -2.11. The van der Waals surface area contributed by atoms with Crippen LogP contribution in [-0.2, 0) is 9.59 Å². The number of imide groups is 1. The number of thioether (sulfide) groups is 1. The van der Waals surface area contributed by atoms with Gasteiger partial charge in [-0.2, -0.15) is 0 Å². The highest BCUT2D eigenvalue weighted by Crippen LogP contribution is 2.17. The van der Waals surface area contributed by atoms with E-state index in [9.17, 15) is 14.0 Å². The van der Waals surface area contributed by atoms with Gasteiger partial charge in [-0.3, -0.25) is 19.6 Å². The van der Waals surface area contributed by atoms with Crippen molar-refractivity contribution in [3.8, 4) is 0 Å². The number of likely N-dealkylation sites (tertiary alicyclic amines) is 1. The van der Waals surface area contributed by atoms with Crippen LogP contribution in [0.3, 0.4) is 0 Å². The van der Waals surface area contributed by atoms with E-state index in [0.29, 0.717) is 23.9 Å². The summed E-state index contributed by atoms with van der Waals surface area (Å²) >= 11 is 1.18. The molecule has 0 spiro atoms. The van der Waals surface area contributed by atoms with E-state index < -0.39 is 0 Å². The highest BCUT2D eigenvalue weighted by molar-refractivity contribution is 7.99. The van der Waals surface area contributed by atoms with Gasteiger partial charge in [-0.05, 0) is 30.2 Å². The van der Waals surface area contributed by atoms with E-state index in [1.165, 1.54) is 28.8 Å². The number of benzene rings is 1. The van der Waals surface area contributed by atoms with Gasteiger partial charge in [-0.1, -0.05) is 30.0 Å². The van der Waals surface area contributed by atoms with Crippen LogP contribution in [0.4, 0.5) is 4.39 Å². The van der Waals surface area contributed by atoms with E-state index in [-0.39, 0.29) is 23.4 Å². The Labute approximate surface area is 142 Å². The molecule has 0 atom stereocenters. The Kier molecular flexibility index (Phi) is 5.05. The molecule has 24 heavy (non-hydrogen) atoms. The number of amides is 2. The van der Waals surface area contributed by atoms with Gasteiger partial charge in [-0.15, -0.1) is 5.10 Å². The summed E-state index contributed by atoms with van der Waals surface area (Å²) in [5.41, 5.74) is 0.838. The summed E-state index contributed by atoms with van der Waals surface area (Å²) in [5, 5.41) is 7.21. The molecule has 1 N–H and O–H groups in total. The van der Waals surface area contributed by atoms with E-state index in [1.807, 2.05) is 0 Å². The molecule has 8 heteroatoms. The fourth-order valence-corrected chi connectivity index (χ4v) is 2.94. The number of nitrogens with zero attached hydrogens (tertiary/aromatic N) is 3. The van der Waals surface area contributed by atoms with Gasteiger partial charge in [0, 0.05) is 13.0 Å². The number of carbonyl (C=O) groups excluding carboxylic acids is 2. The van der Waals surface area contributed by atoms with Crippen molar-refractivity contribution in [1.82, 2.24) is 20.1 Å². The first kappa shape index (κ1) is 16.4. The van der Waals surface area contributed by atoms with Gasteiger partial charge >= 0.3 is 0 Å². The third kappa shape index (κ3) is 4.08. The number of carbonyl (C=O) groups is 2. The van der Waals surface area contributed by atoms with E-state index in [0.717, 1.165) is 12.0 Å². The number of aromatic nitrogens is 3. The van der Waals surface area contributed by atoms with E-state index in [2.05, 4.69) is 15.2 Å². The van der Waals surface area contributed by atoms with Crippen molar-refractivity contribution in [3.05, 3.63) is 41.5 Å². The minimum Gasteiger partial charge on any atom is -0.282 e. The zero-order valence-electron chi connectivity index (χ0n) is 12.7. The maximum atomic E-state index is 12.8. The first-order valence-corrected chi connectivity index (χ1v) is 8.42. The van der Waals surface area contributed by atoms with Crippen molar-refractivity contribution in [1.29, 1.82) is 0 Å². The van der Waals surface area contributed by atoms with Gasteiger partial charge in [0.2, 0.25) is 17.0 Å². The number of hydrogen-bond acceptors (Lipinski definition) is 5. The predicted octanol–water partition coefficient (Wildman–Crippen LogP) is 2.36. The molecule has 1 aliphatic heterocycles. The van der Waals surface area contributed by atoms with Gasteiger partial charge in [0.05, 0.1) is 5.75 Å². The number of halogens is 1. The Morgan fingerprint density at radius 2 is 2.12 bits per heavy atom. The molecular weight excluding hydrogens is 331 g/mol. The van der Waals surface area contributed by atoms with Crippen molar-refractivity contribution >= 4 is 35.7 Å². The summed E-state index contributed by atoms with van der Waals surface area (Å²) in [5.74, 6) is 0.0532. The molecule has 1 aliphatic rings. The molecule has 2 aromatic rings. The number of aromatic amines is 1. The van der Waals surface area contributed by atoms with Crippen LogP contribution in [0.25, 0.3) is 12.2 Å². The van der Waals surface area contributed by atoms with Crippen molar-refractivity contribution in [2.45, 2.75) is 18.0 Å². The summed E-state index contributed by atoms with van der Waals surface area (Å²) in [6, 6.07) is 6.08. The molecule has 0 saturated carbocycles. The lowest BCUT2D eigenvalue weighted by Crippen LogP contribution is -2.33. The summed E-state index contributed by atoms with van der Waals surface area (Å²) in [6.07, 6.45) is 4.67. The lowest BCUT2D eigenvalue weighted by atomic mass is 10.2. The van der Waals surface area contributed by atoms with Crippen LogP contribution in [0.5, 0.6) is 0 Å². The zero-order valence-corrected chi connectivity index (χ0v) is 13.6. The number of rotatable bonds is 5. The van der Waals surface area contributed by atoms with Crippen molar-refractivity contribution < 1.29 is 14.0 Å². The van der Waals surface area contributed by atoms with Crippen LogP contribution in [-0.4, -0.2) is 44.2 Å². The molecule has 6 nitrogen and oxygen atoms in total. The molecular formula is C16H15FN4O2S. The van der Waals surface area contributed by atoms with E-state index in [1.54, 1.807) is 24.3 Å². The van der Waals surface area contributed by atoms with Crippen LogP contribution < -0.4 is 0 Å². The molecule has 1 saturated heterocycles. The molecule has 0 bridgehead atoms. The number of hydrogen-bond donors (Lipinski definition) is 1. The third-order valence-corrected chi connectivity index (χ3v) is 4.32. The van der Waals surface area contributed by atoms with Gasteiger partial charge < -0.3 is 0 Å². The highest BCUT2D eigenvalue weighted by Gasteiger charge is 2.26. The Hall–Kier alpha value is -2.48. The maximum Gasteiger partial charge on any atom is 0.239 e. The quantitative estimate of drug-likeness (QED) is 0.841. The summed E-state index contributed by atoms with van der Waals surface area (Å²) < 4.78 is 12.8. The SMILES string of the molecule is O=C1CCCN1C(=O)CSc1n[nH]c(C=Cc2ccc(F)cc2)n1. The van der Waals surface area contributed by atoms with Crippen LogP contribution >= 0.6 is 11.8 Å². The number of nitrogens with one attached hydrogen (secondary N) is 1. The molecule has 124 valence electrons. The molecule has 2 amide bonds. The Morgan fingerprint density at radius 1 is 1.33 bits per heavy atom. The van der Waals surface area contributed by atoms with Gasteiger partial charge in [0.1, 0.15) is 11.6 Å². The normalized spacial score (nSPS) is 14.7. The second kappa shape index (κ2) is 7.39. The first-order valence-electron chi connectivity index (χ1n) is 7.44. The molecule has 0 aliphatic carbocycles. The second-order valence-electron chi connectivity index (χ2n) is 5.22. The standard InChI is InChI=1S/C16H15FN4O2S/c17-12-6-3-11(4-7-12)5-8-13-18-16(20-19-13)24-10-15(23)21-9-1-2-14(21)22/h3-8H,1-2,9-10H2,(H,18,19,20). The Bertz CT molecular complexity index is 773. The molecule has 0 radical (unpaired) electrons. The molecule has 3 rings (SSSR count). The van der Waals surface area contributed by atoms with Crippen LogP contribution in [0, 0.1) is 5.82 Å².